The fourth-order valence-electron chi connectivity index (χ4n) is 2.20. The van der Waals surface area contributed by atoms with E-state index in [0.29, 0.717) is 19.6 Å². The molecule has 0 saturated carbocycles. The third kappa shape index (κ3) is 5.85. The van der Waals surface area contributed by atoms with Gasteiger partial charge in [-0.05, 0) is 33.2 Å². The van der Waals surface area contributed by atoms with Gasteiger partial charge in [0.15, 0.2) is 0 Å². The normalized spacial score (nSPS) is 19.9. The number of nitrogens with one attached hydrogen (secondary N) is 2. The van der Waals surface area contributed by atoms with Crippen LogP contribution in [0.5, 0.6) is 0 Å². The lowest BCUT2D eigenvalue weighted by atomic mass is 10.1. The monoisotopic (exact) mass is 286 g/mol. The molecule has 7 heteroatoms. The number of nitrogens with two attached hydrogens (primary N) is 1. The highest BCUT2D eigenvalue weighted by Gasteiger charge is 2.29. The summed E-state index contributed by atoms with van der Waals surface area (Å²) in [6, 6.07) is -0.103. The Balaban J connectivity index is 2.36. The zero-order valence-electron chi connectivity index (χ0n) is 12.4. The van der Waals surface area contributed by atoms with Gasteiger partial charge < -0.3 is 10.1 Å². The number of nitrogens with zero attached hydrogens (tertiary/aromatic N) is 1. The average Bonchev–Trinajstić information content (AvgIpc) is 2.43. The highest BCUT2D eigenvalue weighted by atomic mass is 16.5. The molecule has 4 N–H and O–H groups in total. The van der Waals surface area contributed by atoms with Gasteiger partial charge in [0.05, 0.1) is 13.2 Å². The van der Waals surface area contributed by atoms with Crippen molar-refractivity contribution < 1.29 is 14.3 Å². The van der Waals surface area contributed by atoms with Crippen molar-refractivity contribution in [3.05, 3.63) is 0 Å². The smallest absolute Gasteiger partial charge is 0.239 e. The van der Waals surface area contributed by atoms with Crippen LogP contribution in [0.3, 0.4) is 0 Å². The molecule has 0 aromatic carbocycles. The molecule has 1 saturated heterocycles. The average molecular weight is 286 g/mol. The number of hydrogen-bond acceptors (Lipinski definition) is 5. The van der Waals surface area contributed by atoms with Crippen LogP contribution in [0.25, 0.3) is 0 Å². The molecule has 0 aromatic rings. The van der Waals surface area contributed by atoms with E-state index in [1.165, 1.54) is 0 Å². The van der Waals surface area contributed by atoms with Crippen molar-refractivity contribution >= 4 is 11.8 Å². The maximum absolute atomic E-state index is 12.1. The standard InChI is InChI=1S/C13H26N4O3/c1-10(2)15-13(19)11-9-20-8-7-17(11)6-4-3-5-12(18)16-14/h10-11H,3-9,14H2,1-2H3,(H,15,19)(H,16,18). The van der Waals surface area contributed by atoms with Crippen molar-refractivity contribution in [3.63, 3.8) is 0 Å². The zero-order valence-corrected chi connectivity index (χ0v) is 12.4. The van der Waals surface area contributed by atoms with Gasteiger partial charge in [0.25, 0.3) is 0 Å². The van der Waals surface area contributed by atoms with Crippen LogP contribution in [0.4, 0.5) is 0 Å². The van der Waals surface area contributed by atoms with Crippen LogP contribution in [0.15, 0.2) is 0 Å². The second kappa shape index (κ2) is 8.89. The van der Waals surface area contributed by atoms with E-state index in [-0.39, 0.29) is 23.9 Å². The van der Waals surface area contributed by atoms with E-state index in [1.807, 2.05) is 13.8 Å². The number of carbonyl (C=O) groups excluding carboxylic acids is 2. The van der Waals surface area contributed by atoms with E-state index in [9.17, 15) is 9.59 Å². The summed E-state index contributed by atoms with van der Waals surface area (Å²) in [5.41, 5.74) is 2.12. The molecule has 1 atom stereocenters. The Bertz CT molecular complexity index is 323. The SMILES string of the molecule is CC(C)NC(=O)C1COCCN1CCCCC(=O)NN. The van der Waals surface area contributed by atoms with Crippen LogP contribution < -0.4 is 16.6 Å². The summed E-state index contributed by atoms with van der Waals surface area (Å²) in [5, 5.41) is 2.92. The number of morpholine rings is 1. The molecule has 1 unspecified atom stereocenters. The summed E-state index contributed by atoms with van der Waals surface area (Å²) in [6.07, 6.45) is 2.04. The molecule has 116 valence electrons. The highest BCUT2D eigenvalue weighted by Crippen LogP contribution is 2.10. The number of carbonyl (C=O) groups is 2. The van der Waals surface area contributed by atoms with Crippen LogP contribution in [-0.2, 0) is 14.3 Å². The Hall–Kier alpha value is -1.18. The van der Waals surface area contributed by atoms with Gasteiger partial charge in [0.1, 0.15) is 6.04 Å². The lowest BCUT2D eigenvalue weighted by molar-refractivity contribution is -0.133. The molecule has 0 radical (unpaired) electrons. The summed E-state index contributed by atoms with van der Waals surface area (Å²) in [6.45, 7) is 6.50. The van der Waals surface area contributed by atoms with Gasteiger partial charge >= 0.3 is 0 Å². The lowest BCUT2D eigenvalue weighted by Gasteiger charge is -2.34. The Kier molecular flexibility index (Phi) is 7.50. The fraction of sp³-hybridized carbons (Fsp3) is 0.846. The Morgan fingerprint density at radius 1 is 1.40 bits per heavy atom. The molecule has 1 rings (SSSR count). The summed E-state index contributed by atoms with van der Waals surface area (Å²) < 4.78 is 5.39. The van der Waals surface area contributed by atoms with Crippen LogP contribution in [0.1, 0.15) is 33.1 Å². The predicted molar refractivity (Wildman–Crippen MR) is 75.6 cm³/mol. The van der Waals surface area contributed by atoms with Gasteiger partial charge in [0.2, 0.25) is 11.8 Å². The zero-order chi connectivity index (χ0) is 15.0. The Morgan fingerprint density at radius 3 is 2.80 bits per heavy atom. The number of amides is 2. The molecule has 2 amide bonds. The second-order valence-corrected chi connectivity index (χ2v) is 5.31. The number of unbranched alkanes of at least 4 members (excludes halogenated alkanes) is 1. The van der Waals surface area contributed by atoms with E-state index in [0.717, 1.165) is 25.9 Å². The van der Waals surface area contributed by atoms with Crippen LogP contribution in [0.2, 0.25) is 0 Å². The fourth-order valence-corrected chi connectivity index (χ4v) is 2.20. The van der Waals surface area contributed by atoms with Gasteiger partial charge in [-0.3, -0.25) is 19.9 Å². The van der Waals surface area contributed by atoms with Crippen molar-refractivity contribution in [2.45, 2.75) is 45.2 Å². The molecular formula is C13H26N4O3. The number of hydrogen-bond donors (Lipinski definition) is 3. The molecule has 0 aromatic heterocycles. The summed E-state index contributed by atoms with van der Waals surface area (Å²) in [5.74, 6) is 4.89. The lowest BCUT2D eigenvalue weighted by Crippen LogP contribution is -2.55. The van der Waals surface area contributed by atoms with Gasteiger partial charge in [-0.15, -0.1) is 0 Å². The largest absolute Gasteiger partial charge is 0.378 e. The minimum Gasteiger partial charge on any atom is -0.378 e. The Morgan fingerprint density at radius 2 is 2.15 bits per heavy atom. The van der Waals surface area contributed by atoms with Gasteiger partial charge in [-0.25, -0.2) is 5.84 Å². The minimum absolute atomic E-state index is 0.0133. The first-order chi connectivity index (χ1) is 9.54. The number of ether oxygens (including phenoxy) is 1. The third-order valence-corrected chi connectivity index (χ3v) is 3.23. The van der Waals surface area contributed by atoms with Crippen LogP contribution >= 0.6 is 0 Å². The summed E-state index contributed by atoms with van der Waals surface area (Å²) in [7, 11) is 0. The van der Waals surface area contributed by atoms with E-state index in [1.54, 1.807) is 0 Å². The first kappa shape index (κ1) is 16.9. The maximum Gasteiger partial charge on any atom is 0.239 e. The quantitative estimate of drug-likeness (QED) is 0.251. The van der Waals surface area contributed by atoms with E-state index in [2.05, 4.69) is 15.6 Å². The third-order valence-electron chi connectivity index (χ3n) is 3.23. The van der Waals surface area contributed by atoms with Crippen molar-refractivity contribution in [3.8, 4) is 0 Å². The molecular weight excluding hydrogens is 260 g/mol. The Labute approximate surface area is 120 Å². The maximum atomic E-state index is 12.1. The molecule has 0 aliphatic carbocycles. The van der Waals surface area contributed by atoms with Crippen molar-refractivity contribution in [2.24, 2.45) is 5.84 Å². The molecule has 0 spiro atoms. The first-order valence-corrected chi connectivity index (χ1v) is 7.16. The number of rotatable bonds is 7. The summed E-state index contributed by atoms with van der Waals surface area (Å²) >= 11 is 0. The molecule has 1 fully saturated rings. The van der Waals surface area contributed by atoms with Gasteiger partial charge in [-0.1, -0.05) is 0 Å². The molecule has 20 heavy (non-hydrogen) atoms. The van der Waals surface area contributed by atoms with Crippen molar-refractivity contribution in [1.82, 2.24) is 15.6 Å². The second-order valence-electron chi connectivity index (χ2n) is 5.31. The van der Waals surface area contributed by atoms with E-state index in [4.69, 9.17) is 10.6 Å². The molecule has 7 nitrogen and oxygen atoms in total. The molecule has 1 heterocycles. The van der Waals surface area contributed by atoms with Crippen LogP contribution in [0, 0.1) is 0 Å². The summed E-state index contributed by atoms with van der Waals surface area (Å²) in [4.78, 5) is 25.2. The van der Waals surface area contributed by atoms with E-state index < -0.39 is 0 Å². The first-order valence-electron chi connectivity index (χ1n) is 7.16. The van der Waals surface area contributed by atoms with Gasteiger partial charge in [-0.2, -0.15) is 0 Å². The molecule has 1 aliphatic heterocycles. The van der Waals surface area contributed by atoms with Crippen LogP contribution in [-0.4, -0.2) is 55.1 Å². The topological polar surface area (TPSA) is 96.7 Å². The number of hydrazine groups is 1. The molecule has 1 aliphatic rings. The minimum atomic E-state index is -0.227. The highest BCUT2D eigenvalue weighted by molar-refractivity contribution is 5.82. The van der Waals surface area contributed by atoms with Crippen molar-refractivity contribution in [1.29, 1.82) is 0 Å². The molecule has 0 bridgehead atoms. The van der Waals surface area contributed by atoms with E-state index >= 15 is 0 Å². The predicted octanol–water partition coefficient (Wildman–Crippen LogP) is -0.628. The van der Waals surface area contributed by atoms with Crippen molar-refractivity contribution in [2.75, 3.05) is 26.3 Å². The van der Waals surface area contributed by atoms with Gasteiger partial charge in [0, 0.05) is 19.0 Å².